The largest absolute Gasteiger partial charge is 0.494 e. The second-order valence-corrected chi connectivity index (χ2v) is 4.71. The number of hydrogen-bond acceptors (Lipinski definition) is 4. The predicted octanol–water partition coefficient (Wildman–Crippen LogP) is 3.66. The van der Waals surface area contributed by atoms with Gasteiger partial charge in [0.25, 0.3) is 0 Å². The molecule has 0 radical (unpaired) electrons. The van der Waals surface area contributed by atoms with Gasteiger partial charge in [-0.2, -0.15) is 5.26 Å². The van der Waals surface area contributed by atoms with E-state index in [1.807, 2.05) is 29.6 Å². The van der Waals surface area contributed by atoms with E-state index in [0.717, 1.165) is 35.0 Å². The van der Waals surface area contributed by atoms with Gasteiger partial charge in [0.2, 0.25) is 0 Å². The fourth-order valence-electron chi connectivity index (χ4n) is 1.52. The number of rotatable bonds is 5. The number of thiazole rings is 1. The Balaban J connectivity index is 2.10. The van der Waals surface area contributed by atoms with E-state index in [1.54, 1.807) is 11.3 Å². The van der Waals surface area contributed by atoms with Gasteiger partial charge in [0.05, 0.1) is 24.8 Å². The molecule has 0 fully saturated rings. The highest BCUT2D eigenvalue weighted by atomic mass is 32.1. The smallest absolute Gasteiger partial charge is 0.123 e. The molecule has 0 aliphatic carbocycles. The molecule has 0 aliphatic heterocycles. The molecular weight excluding hydrogens is 244 g/mol. The van der Waals surface area contributed by atoms with Gasteiger partial charge in [0, 0.05) is 10.9 Å². The zero-order valence-corrected chi connectivity index (χ0v) is 11.0. The summed E-state index contributed by atoms with van der Waals surface area (Å²) in [5, 5.41) is 11.5. The molecule has 1 aromatic heterocycles. The van der Waals surface area contributed by atoms with Crippen LogP contribution in [-0.2, 0) is 6.42 Å². The Morgan fingerprint density at radius 3 is 2.78 bits per heavy atom. The molecule has 0 saturated heterocycles. The van der Waals surface area contributed by atoms with Crippen molar-refractivity contribution in [2.24, 2.45) is 0 Å². The van der Waals surface area contributed by atoms with Crippen LogP contribution >= 0.6 is 11.3 Å². The van der Waals surface area contributed by atoms with E-state index in [0.29, 0.717) is 6.42 Å². The summed E-state index contributed by atoms with van der Waals surface area (Å²) in [7, 11) is 0. The van der Waals surface area contributed by atoms with Crippen molar-refractivity contribution in [3.05, 3.63) is 35.3 Å². The molecule has 0 atom stereocenters. The van der Waals surface area contributed by atoms with E-state index < -0.39 is 0 Å². The van der Waals surface area contributed by atoms with Gasteiger partial charge in [-0.05, 0) is 30.7 Å². The maximum absolute atomic E-state index is 8.62. The molecule has 18 heavy (non-hydrogen) atoms. The molecule has 0 saturated carbocycles. The fourth-order valence-corrected chi connectivity index (χ4v) is 2.34. The lowest BCUT2D eigenvalue weighted by Gasteiger charge is -2.04. The van der Waals surface area contributed by atoms with E-state index in [4.69, 9.17) is 10.00 Å². The van der Waals surface area contributed by atoms with Crippen molar-refractivity contribution < 1.29 is 4.74 Å². The molecule has 3 nitrogen and oxygen atoms in total. The molecule has 92 valence electrons. The zero-order chi connectivity index (χ0) is 12.8. The maximum atomic E-state index is 8.62. The van der Waals surface area contributed by atoms with Gasteiger partial charge in [-0.3, -0.25) is 0 Å². The second kappa shape index (κ2) is 6.18. The highest BCUT2D eigenvalue weighted by Crippen LogP contribution is 2.25. The number of hydrogen-bond donors (Lipinski definition) is 0. The summed E-state index contributed by atoms with van der Waals surface area (Å²) in [5.74, 6) is 0.884. The van der Waals surface area contributed by atoms with E-state index >= 15 is 0 Å². The number of ether oxygens (including phenoxy) is 1. The highest BCUT2D eigenvalue weighted by Gasteiger charge is 2.04. The molecule has 1 aromatic carbocycles. The van der Waals surface area contributed by atoms with Crippen LogP contribution in [-0.4, -0.2) is 11.6 Å². The first-order valence-electron chi connectivity index (χ1n) is 5.88. The normalized spacial score (nSPS) is 10.0. The Morgan fingerprint density at radius 1 is 1.33 bits per heavy atom. The molecule has 4 heteroatoms. The molecule has 0 aliphatic rings. The minimum atomic E-state index is 0.369. The summed E-state index contributed by atoms with van der Waals surface area (Å²) in [6, 6.07) is 10.0. The van der Waals surface area contributed by atoms with Gasteiger partial charge >= 0.3 is 0 Å². The first kappa shape index (κ1) is 12.6. The Kier molecular flexibility index (Phi) is 4.32. The van der Waals surface area contributed by atoms with Crippen molar-refractivity contribution in [2.45, 2.75) is 19.8 Å². The molecule has 2 rings (SSSR count). The van der Waals surface area contributed by atoms with Crippen molar-refractivity contribution in [3.8, 4) is 22.4 Å². The number of nitrogens with zero attached hydrogens (tertiary/aromatic N) is 2. The van der Waals surface area contributed by atoms with Gasteiger partial charge in [-0.25, -0.2) is 4.98 Å². The standard InChI is InChI=1S/C14H14N2OS/c1-2-9-17-13-5-3-11(4-6-13)14-16-12(7-8-15)10-18-14/h3-6,10H,2,7,9H2,1H3. The van der Waals surface area contributed by atoms with Crippen molar-refractivity contribution >= 4 is 11.3 Å². The Labute approximate surface area is 111 Å². The minimum Gasteiger partial charge on any atom is -0.494 e. The third kappa shape index (κ3) is 3.08. The van der Waals surface area contributed by atoms with Crippen LogP contribution in [0.25, 0.3) is 10.6 Å². The van der Waals surface area contributed by atoms with Crippen molar-refractivity contribution in [3.63, 3.8) is 0 Å². The molecule has 0 unspecified atom stereocenters. The van der Waals surface area contributed by atoms with Gasteiger partial charge in [0.1, 0.15) is 10.8 Å². The molecule has 0 spiro atoms. The predicted molar refractivity (Wildman–Crippen MR) is 72.7 cm³/mol. The van der Waals surface area contributed by atoms with Crippen molar-refractivity contribution in [2.75, 3.05) is 6.61 Å². The van der Waals surface area contributed by atoms with E-state index in [1.165, 1.54) is 0 Å². The van der Waals surface area contributed by atoms with E-state index in [9.17, 15) is 0 Å². The monoisotopic (exact) mass is 258 g/mol. The van der Waals surface area contributed by atoms with Crippen LogP contribution in [0.2, 0.25) is 0 Å². The molecular formula is C14H14N2OS. The van der Waals surface area contributed by atoms with E-state index in [-0.39, 0.29) is 0 Å². The highest BCUT2D eigenvalue weighted by molar-refractivity contribution is 7.13. The number of aromatic nitrogens is 1. The molecule has 0 N–H and O–H groups in total. The molecule has 2 aromatic rings. The zero-order valence-electron chi connectivity index (χ0n) is 10.2. The molecule has 0 amide bonds. The minimum absolute atomic E-state index is 0.369. The van der Waals surface area contributed by atoms with Crippen LogP contribution in [0.4, 0.5) is 0 Å². The third-order valence-electron chi connectivity index (χ3n) is 2.39. The summed E-state index contributed by atoms with van der Waals surface area (Å²) >= 11 is 1.56. The van der Waals surface area contributed by atoms with Gasteiger partial charge in [-0.15, -0.1) is 11.3 Å². The van der Waals surface area contributed by atoms with Crippen LogP contribution in [0.3, 0.4) is 0 Å². The number of benzene rings is 1. The molecule has 1 heterocycles. The quantitative estimate of drug-likeness (QED) is 0.822. The fraction of sp³-hybridized carbons (Fsp3) is 0.286. The Hall–Kier alpha value is -1.86. The topological polar surface area (TPSA) is 45.9 Å². The van der Waals surface area contributed by atoms with Crippen LogP contribution in [0.1, 0.15) is 19.0 Å². The van der Waals surface area contributed by atoms with Gasteiger partial charge < -0.3 is 4.74 Å². The second-order valence-electron chi connectivity index (χ2n) is 3.85. The van der Waals surface area contributed by atoms with Crippen LogP contribution in [0, 0.1) is 11.3 Å². The summed E-state index contributed by atoms with van der Waals surface area (Å²) in [6.07, 6.45) is 1.37. The van der Waals surface area contributed by atoms with Gasteiger partial charge in [0.15, 0.2) is 0 Å². The van der Waals surface area contributed by atoms with Crippen molar-refractivity contribution in [1.29, 1.82) is 5.26 Å². The average Bonchev–Trinajstić information content (AvgIpc) is 2.86. The average molecular weight is 258 g/mol. The lowest BCUT2D eigenvalue weighted by Crippen LogP contribution is -1.94. The van der Waals surface area contributed by atoms with E-state index in [2.05, 4.69) is 18.0 Å². The Morgan fingerprint density at radius 2 is 2.11 bits per heavy atom. The lowest BCUT2D eigenvalue weighted by molar-refractivity contribution is 0.317. The van der Waals surface area contributed by atoms with Crippen LogP contribution in [0.5, 0.6) is 5.75 Å². The maximum Gasteiger partial charge on any atom is 0.123 e. The van der Waals surface area contributed by atoms with Crippen molar-refractivity contribution in [1.82, 2.24) is 4.98 Å². The molecule has 0 bridgehead atoms. The first-order chi connectivity index (χ1) is 8.83. The van der Waals surface area contributed by atoms with Crippen LogP contribution < -0.4 is 4.74 Å². The lowest BCUT2D eigenvalue weighted by atomic mass is 10.2. The first-order valence-corrected chi connectivity index (χ1v) is 6.76. The summed E-state index contributed by atoms with van der Waals surface area (Å²) < 4.78 is 5.53. The van der Waals surface area contributed by atoms with Crippen LogP contribution in [0.15, 0.2) is 29.6 Å². The summed E-state index contributed by atoms with van der Waals surface area (Å²) in [6.45, 7) is 2.82. The summed E-state index contributed by atoms with van der Waals surface area (Å²) in [5.41, 5.74) is 1.90. The van der Waals surface area contributed by atoms with Gasteiger partial charge in [-0.1, -0.05) is 6.92 Å². The SMILES string of the molecule is CCCOc1ccc(-c2nc(CC#N)cs2)cc1. The Bertz CT molecular complexity index is 540. The number of nitriles is 1. The summed E-state index contributed by atoms with van der Waals surface area (Å²) in [4.78, 5) is 4.42. The third-order valence-corrected chi connectivity index (χ3v) is 3.33.